The molecule has 0 aliphatic heterocycles. The number of ether oxygens (including phenoxy) is 1. The first kappa shape index (κ1) is 17.3. The van der Waals surface area contributed by atoms with Crippen LogP contribution < -0.4 is 9.16 Å². The Bertz CT molecular complexity index is 556. The second-order valence-electron chi connectivity index (χ2n) is 6.51. The van der Waals surface area contributed by atoms with Crippen molar-refractivity contribution >= 4 is 19.9 Å². The Balaban J connectivity index is 3.16. The lowest BCUT2D eigenvalue weighted by Gasteiger charge is -2.36. The summed E-state index contributed by atoms with van der Waals surface area (Å²) in [5.74, 6) is 0.126. The molecule has 0 aliphatic rings. The van der Waals surface area contributed by atoms with Crippen LogP contribution in [0.4, 0.5) is 0 Å². The molecule has 4 nitrogen and oxygen atoms in total. The van der Waals surface area contributed by atoms with Crippen molar-refractivity contribution in [3.05, 3.63) is 30.3 Å². The van der Waals surface area contributed by atoms with Gasteiger partial charge in [-0.15, -0.1) is 0 Å². The average Bonchev–Trinajstić information content (AvgIpc) is 2.36. The first-order valence-corrected chi connectivity index (χ1v) is 9.70. The van der Waals surface area contributed by atoms with Crippen molar-refractivity contribution in [1.82, 2.24) is 0 Å². The molecule has 1 rings (SSSR count). The summed E-state index contributed by atoms with van der Waals surface area (Å²) >= 11 is 0. The summed E-state index contributed by atoms with van der Waals surface area (Å²) in [6.45, 7) is 14.3. The van der Waals surface area contributed by atoms with E-state index < -0.39 is 14.3 Å². The van der Waals surface area contributed by atoms with Crippen LogP contribution in [0.1, 0.15) is 26.3 Å². The highest BCUT2D eigenvalue weighted by Gasteiger charge is 2.39. The van der Waals surface area contributed by atoms with Gasteiger partial charge in [0.25, 0.3) is 8.32 Å². The molecule has 0 atom stereocenters. The van der Waals surface area contributed by atoms with Gasteiger partial charge in [0.2, 0.25) is 0 Å². The predicted octanol–water partition coefficient (Wildman–Crippen LogP) is 4.18. The van der Waals surface area contributed by atoms with Crippen molar-refractivity contribution in [3.8, 4) is 11.5 Å². The molecule has 1 N–H and O–H groups in total. The molecule has 0 aliphatic carbocycles. The molecule has 0 spiro atoms. The van der Waals surface area contributed by atoms with E-state index in [9.17, 15) is 4.79 Å². The van der Waals surface area contributed by atoms with E-state index in [1.807, 2.05) is 0 Å². The smallest absolute Gasteiger partial charge is 0.335 e. The number of hydrogen-bond donors (Lipinski definition) is 1. The lowest BCUT2D eigenvalue weighted by Crippen LogP contribution is -2.43. The van der Waals surface area contributed by atoms with Gasteiger partial charge in [0.15, 0.2) is 5.75 Å². The van der Waals surface area contributed by atoms with E-state index in [0.717, 1.165) is 0 Å². The van der Waals surface area contributed by atoms with E-state index in [0.29, 0.717) is 17.1 Å². The largest absolute Gasteiger partial charge is 0.541 e. The monoisotopic (exact) mass is 308 g/mol. The summed E-state index contributed by atoms with van der Waals surface area (Å²) in [5.41, 5.74) is 0.550. The number of hydrogen-bond acceptors (Lipinski definition) is 3. The standard InChI is InChI=1S/C16H24O4Si/c1-11(15(17)18)12-8-9-13(14(10-12)19-5)20-21(6,7)16(2,3)4/h8-10H,1H2,2-7H3,(H,17,18). The minimum Gasteiger partial charge on any atom is -0.541 e. The maximum absolute atomic E-state index is 11.0. The van der Waals surface area contributed by atoms with Crippen LogP contribution in [-0.4, -0.2) is 26.5 Å². The van der Waals surface area contributed by atoms with Gasteiger partial charge >= 0.3 is 5.97 Å². The first-order chi connectivity index (χ1) is 9.49. The second-order valence-corrected chi connectivity index (χ2v) is 11.2. The molecule has 0 radical (unpaired) electrons. The average molecular weight is 308 g/mol. The summed E-state index contributed by atoms with van der Waals surface area (Å²) in [6, 6.07) is 5.10. The molecule has 21 heavy (non-hydrogen) atoms. The SMILES string of the molecule is C=C(C(=O)O)c1ccc(O[Si](C)(C)C(C)(C)C)c(OC)c1. The predicted molar refractivity (Wildman–Crippen MR) is 87.5 cm³/mol. The van der Waals surface area contributed by atoms with Crippen LogP contribution in [0.3, 0.4) is 0 Å². The van der Waals surface area contributed by atoms with E-state index in [2.05, 4.69) is 40.4 Å². The van der Waals surface area contributed by atoms with Gasteiger partial charge < -0.3 is 14.3 Å². The van der Waals surface area contributed by atoms with Crippen LogP contribution in [0.25, 0.3) is 5.57 Å². The molecule has 1 aromatic carbocycles. The summed E-state index contributed by atoms with van der Waals surface area (Å²) in [4.78, 5) is 11.0. The van der Waals surface area contributed by atoms with Crippen LogP contribution in [0.15, 0.2) is 24.8 Å². The van der Waals surface area contributed by atoms with Gasteiger partial charge in [-0.1, -0.05) is 33.4 Å². The Labute approximate surface area is 127 Å². The Kier molecular flexibility index (Phi) is 4.89. The number of aliphatic carboxylic acids is 1. The Morgan fingerprint density at radius 3 is 2.24 bits per heavy atom. The van der Waals surface area contributed by atoms with Crippen molar-refractivity contribution in [2.75, 3.05) is 7.11 Å². The Morgan fingerprint density at radius 1 is 1.24 bits per heavy atom. The highest BCUT2D eigenvalue weighted by Crippen LogP contribution is 2.40. The van der Waals surface area contributed by atoms with E-state index in [-0.39, 0.29) is 10.6 Å². The van der Waals surface area contributed by atoms with Crippen LogP contribution in [0.5, 0.6) is 11.5 Å². The van der Waals surface area contributed by atoms with Crippen LogP contribution >= 0.6 is 0 Å². The van der Waals surface area contributed by atoms with Crippen molar-refractivity contribution in [3.63, 3.8) is 0 Å². The number of carboxylic acids is 1. The van der Waals surface area contributed by atoms with Crippen molar-refractivity contribution in [2.24, 2.45) is 0 Å². The van der Waals surface area contributed by atoms with E-state index >= 15 is 0 Å². The zero-order chi connectivity index (χ0) is 16.4. The first-order valence-electron chi connectivity index (χ1n) is 6.79. The molecular formula is C16H24O4Si. The van der Waals surface area contributed by atoms with Crippen LogP contribution in [-0.2, 0) is 4.79 Å². The topological polar surface area (TPSA) is 55.8 Å². The van der Waals surface area contributed by atoms with Crippen LogP contribution in [0.2, 0.25) is 18.1 Å². The third kappa shape index (κ3) is 3.88. The lowest BCUT2D eigenvalue weighted by atomic mass is 10.1. The number of rotatable bonds is 5. The maximum atomic E-state index is 11.0. The molecular weight excluding hydrogens is 284 g/mol. The molecule has 1 aromatic rings. The fourth-order valence-corrected chi connectivity index (χ4v) is 2.52. The van der Waals surface area contributed by atoms with Gasteiger partial charge in [-0.3, -0.25) is 0 Å². The summed E-state index contributed by atoms with van der Waals surface area (Å²) in [6.07, 6.45) is 0. The van der Waals surface area contributed by atoms with Gasteiger partial charge in [-0.25, -0.2) is 4.79 Å². The van der Waals surface area contributed by atoms with Gasteiger partial charge in [0, 0.05) is 0 Å². The number of methoxy groups -OCH3 is 1. The molecule has 0 amide bonds. The third-order valence-electron chi connectivity index (χ3n) is 3.94. The normalized spacial score (nSPS) is 11.9. The molecule has 0 heterocycles. The quantitative estimate of drug-likeness (QED) is 0.655. The zero-order valence-electron chi connectivity index (χ0n) is 13.6. The summed E-state index contributed by atoms with van der Waals surface area (Å²) in [5, 5.41) is 9.07. The highest BCUT2D eigenvalue weighted by atomic mass is 28.4. The molecule has 0 bridgehead atoms. The number of benzene rings is 1. The zero-order valence-corrected chi connectivity index (χ0v) is 14.6. The summed E-state index contributed by atoms with van der Waals surface area (Å²) in [7, 11) is -0.436. The lowest BCUT2D eigenvalue weighted by molar-refractivity contribution is -0.130. The van der Waals surface area contributed by atoms with Gasteiger partial charge in [-0.2, -0.15) is 0 Å². The molecule has 116 valence electrons. The van der Waals surface area contributed by atoms with E-state index in [1.54, 1.807) is 25.3 Å². The minimum absolute atomic E-state index is 0.0344. The molecule has 0 fully saturated rings. The summed E-state index contributed by atoms with van der Waals surface area (Å²) < 4.78 is 11.6. The van der Waals surface area contributed by atoms with E-state index in [4.69, 9.17) is 14.3 Å². The van der Waals surface area contributed by atoms with Gasteiger partial charge in [0.05, 0.1) is 12.7 Å². The molecule has 0 saturated heterocycles. The molecule has 0 saturated carbocycles. The van der Waals surface area contributed by atoms with Gasteiger partial charge in [-0.05, 0) is 35.8 Å². The fourth-order valence-electron chi connectivity index (χ4n) is 1.49. The molecule has 0 aromatic heterocycles. The third-order valence-corrected chi connectivity index (χ3v) is 8.28. The molecule has 5 heteroatoms. The van der Waals surface area contributed by atoms with Crippen molar-refractivity contribution in [1.29, 1.82) is 0 Å². The highest BCUT2D eigenvalue weighted by molar-refractivity contribution is 6.74. The number of carboxylic acid groups (broad SMARTS) is 1. The van der Waals surface area contributed by atoms with Crippen LogP contribution in [0, 0.1) is 0 Å². The second kappa shape index (κ2) is 5.93. The van der Waals surface area contributed by atoms with E-state index in [1.165, 1.54) is 0 Å². The fraction of sp³-hybridized carbons (Fsp3) is 0.438. The number of carbonyl (C=O) groups is 1. The van der Waals surface area contributed by atoms with Crippen molar-refractivity contribution < 1.29 is 19.1 Å². The Hall–Kier alpha value is -1.75. The minimum atomic E-state index is -1.98. The maximum Gasteiger partial charge on any atom is 0.335 e. The Morgan fingerprint density at radius 2 is 1.81 bits per heavy atom. The van der Waals surface area contributed by atoms with Gasteiger partial charge in [0.1, 0.15) is 5.75 Å². The molecule has 0 unspecified atom stereocenters. The van der Waals surface area contributed by atoms with Crippen molar-refractivity contribution in [2.45, 2.75) is 38.9 Å².